The minimum absolute atomic E-state index is 0.00113. The maximum atomic E-state index is 12.3. The molecule has 0 aromatic carbocycles. The second-order valence-corrected chi connectivity index (χ2v) is 5.28. The van der Waals surface area contributed by atoms with Crippen LogP contribution in [0.3, 0.4) is 0 Å². The van der Waals surface area contributed by atoms with Crippen molar-refractivity contribution in [2.75, 3.05) is 13.1 Å². The zero-order valence-corrected chi connectivity index (χ0v) is 11.2. The predicted molar refractivity (Wildman–Crippen MR) is 69.0 cm³/mol. The van der Waals surface area contributed by atoms with Gasteiger partial charge in [-0.15, -0.1) is 0 Å². The predicted octanol–water partition coefficient (Wildman–Crippen LogP) is 1.29. The van der Waals surface area contributed by atoms with Gasteiger partial charge in [-0.25, -0.2) is 5.43 Å². The van der Waals surface area contributed by atoms with Gasteiger partial charge in [-0.3, -0.25) is 9.59 Å². The highest BCUT2D eigenvalue weighted by atomic mass is 16.2. The Bertz CT molecular complexity index is 386. The Kier molecular flexibility index (Phi) is 3.68. The molecular weight excluding hydrogens is 230 g/mol. The SMILES string of the molecule is CCC1(CC)CCN(C(=O)C2=NNC(=O)CC2)C1. The van der Waals surface area contributed by atoms with Gasteiger partial charge in [-0.2, -0.15) is 5.10 Å². The van der Waals surface area contributed by atoms with Gasteiger partial charge in [-0.05, 0) is 24.7 Å². The molecule has 1 N–H and O–H groups in total. The van der Waals surface area contributed by atoms with Crippen molar-refractivity contribution in [1.82, 2.24) is 10.3 Å². The van der Waals surface area contributed by atoms with Gasteiger partial charge >= 0.3 is 0 Å². The van der Waals surface area contributed by atoms with E-state index >= 15 is 0 Å². The van der Waals surface area contributed by atoms with E-state index in [1.54, 1.807) is 0 Å². The summed E-state index contributed by atoms with van der Waals surface area (Å²) in [6.07, 6.45) is 4.12. The van der Waals surface area contributed by atoms with Crippen LogP contribution in [0.4, 0.5) is 0 Å². The largest absolute Gasteiger partial charge is 0.337 e. The van der Waals surface area contributed by atoms with Crippen molar-refractivity contribution in [2.24, 2.45) is 10.5 Å². The number of amides is 2. The first kappa shape index (κ1) is 13.1. The van der Waals surface area contributed by atoms with Crippen molar-refractivity contribution in [3.63, 3.8) is 0 Å². The van der Waals surface area contributed by atoms with E-state index in [0.717, 1.165) is 32.4 Å². The maximum Gasteiger partial charge on any atom is 0.270 e. The molecule has 2 heterocycles. The Hall–Kier alpha value is -1.39. The third-order valence-electron chi connectivity index (χ3n) is 4.38. The fourth-order valence-electron chi connectivity index (χ4n) is 2.75. The number of carbonyl (C=O) groups is 2. The average Bonchev–Trinajstić information content (AvgIpc) is 2.84. The molecule has 2 aliphatic rings. The van der Waals surface area contributed by atoms with Crippen LogP contribution < -0.4 is 5.43 Å². The van der Waals surface area contributed by atoms with E-state index < -0.39 is 0 Å². The molecule has 2 aliphatic heterocycles. The normalized spacial score (nSPS) is 22.7. The Labute approximate surface area is 108 Å². The zero-order valence-electron chi connectivity index (χ0n) is 11.2. The second kappa shape index (κ2) is 5.08. The van der Waals surface area contributed by atoms with Crippen molar-refractivity contribution in [3.05, 3.63) is 0 Å². The summed E-state index contributed by atoms with van der Waals surface area (Å²) in [5, 5.41) is 3.88. The first-order valence-electron chi connectivity index (χ1n) is 6.75. The van der Waals surface area contributed by atoms with Gasteiger partial charge in [0.05, 0.1) is 0 Å². The standard InChI is InChI=1S/C13H21N3O2/c1-3-13(4-2)7-8-16(9-13)12(18)10-5-6-11(17)15-14-10/h3-9H2,1-2H3,(H,15,17). The summed E-state index contributed by atoms with van der Waals surface area (Å²) in [7, 11) is 0. The quantitative estimate of drug-likeness (QED) is 0.821. The number of hydrazone groups is 1. The summed E-state index contributed by atoms with van der Waals surface area (Å²) in [4.78, 5) is 25.2. The molecule has 0 bridgehead atoms. The van der Waals surface area contributed by atoms with E-state index in [1.807, 2.05) is 4.90 Å². The molecule has 0 aliphatic carbocycles. The number of nitrogens with zero attached hydrogens (tertiary/aromatic N) is 2. The lowest BCUT2D eigenvalue weighted by atomic mass is 9.82. The van der Waals surface area contributed by atoms with Crippen LogP contribution in [0.1, 0.15) is 46.0 Å². The Morgan fingerprint density at radius 1 is 1.39 bits per heavy atom. The topological polar surface area (TPSA) is 61.8 Å². The Morgan fingerprint density at radius 2 is 2.11 bits per heavy atom. The lowest BCUT2D eigenvalue weighted by Crippen LogP contribution is -2.40. The average molecular weight is 251 g/mol. The number of hydrogen-bond donors (Lipinski definition) is 1. The third-order valence-corrected chi connectivity index (χ3v) is 4.38. The van der Waals surface area contributed by atoms with Gasteiger partial charge in [-0.1, -0.05) is 13.8 Å². The highest BCUT2D eigenvalue weighted by Gasteiger charge is 2.38. The highest BCUT2D eigenvalue weighted by molar-refractivity contribution is 6.39. The first-order valence-corrected chi connectivity index (χ1v) is 6.75. The van der Waals surface area contributed by atoms with Crippen LogP contribution in [-0.4, -0.2) is 35.5 Å². The minimum atomic E-state index is -0.107. The van der Waals surface area contributed by atoms with Gasteiger partial charge in [0.1, 0.15) is 5.71 Å². The van der Waals surface area contributed by atoms with Crippen LogP contribution in [0, 0.1) is 5.41 Å². The van der Waals surface area contributed by atoms with Crippen LogP contribution in [0.25, 0.3) is 0 Å². The Balaban J connectivity index is 2.01. The summed E-state index contributed by atoms with van der Waals surface area (Å²) >= 11 is 0. The van der Waals surface area contributed by atoms with Crippen LogP contribution in [0.2, 0.25) is 0 Å². The molecule has 100 valence electrons. The van der Waals surface area contributed by atoms with E-state index in [-0.39, 0.29) is 17.2 Å². The minimum Gasteiger partial charge on any atom is -0.337 e. The van der Waals surface area contributed by atoms with Crippen LogP contribution in [-0.2, 0) is 9.59 Å². The molecular formula is C13H21N3O2. The molecule has 0 spiro atoms. The smallest absolute Gasteiger partial charge is 0.270 e. The molecule has 18 heavy (non-hydrogen) atoms. The van der Waals surface area contributed by atoms with Gasteiger partial charge in [0.2, 0.25) is 5.91 Å². The van der Waals surface area contributed by atoms with Crippen LogP contribution in [0.5, 0.6) is 0 Å². The second-order valence-electron chi connectivity index (χ2n) is 5.28. The molecule has 2 amide bonds. The first-order chi connectivity index (χ1) is 8.60. The Morgan fingerprint density at radius 3 is 2.61 bits per heavy atom. The van der Waals surface area contributed by atoms with E-state index in [9.17, 15) is 9.59 Å². The fraction of sp³-hybridized carbons (Fsp3) is 0.769. The summed E-state index contributed by atoms with van der Waals surface area (Å²) in [5.41, 5.74) is 3.17. The van der Waals surface area contributed by atoms with Crippen LogP contribution in [0.15, 0.2) is 5.10 Å². The molecule has 1 fully saturated rings. The van der Waals surface area contributed by atoms with Gasteiger partial charge < -0.3 is 4.90 Å². The molecule has 2 rings (SSSR count). The van der Waals surface area contributed by atoms with Crippen molar-refractivity contribution in [3.8, 4) is 0 Å². The molecule has 0 unspecified atom stereocenters. The lowest BCUT2D eigenvalue weighted by molar-refractivity contribution is -0.124. The lowest BCUT2D eigenvalue weighted by Gasteiger charge is -2.26. The molecule has 0 radical (unpaired) electrons. The molecule has 0 aromatic rings. The molecule has 0 aromatic heterocycles. The molecule has 0 atom stereocenters. The third kappa shape index (κ3) is 2.40. The molecule has 0 saturated carbocycles. The van der Waals surface area contributed by atoms with E-state index in [4.69, 9.17) is 0 Å². The van der Waals surface area contributed by atoms with Gasteiger partial charge in [0.15, 0.2) is 0 Å². The monoisotopic (exact) mass is 251 g/mol. The summed E-state index contributed by atoms with van der Waals surface area (Å²) in [6.45, 7) is 6.02. The van der Waals surface area contributed by atoms with Gasteiger partial charge in [0.25, 0.3) is 5.91 Å². The maximum absolute atomic E-state index is 12.3. The van der Waals surface area contributed by atoms with Crippen molar-refractivity contribution < 1.29 is 9.59 Å². The van der Waals surface area contributed by atoms with E-state index in [1.165, 1.54) is 0 Å². The number of nitrogens with one attached hydrogen (secondary N) is 1. The number of rotatable bonds is 3. The summed E-state index contributed by atoms with van der Waals surface area (Å²) in [5.74, 6) is -0.108. The highest BCUT2D eigenvalue weighted by Crippen LogP contribution is 2.37. The fourth-order valence-corrected chi connectivity index (χ4v) is 2.75. The van der Waals surface area contributed by atoms with Crippen molar-refractivity contribution >= 4 is 17.5 Å². The van der Waals surface area contributed by atoms with E-state index in [0.29, 0.717) is 18.6 Å². The summed E-state index contributed by atoms with van der Waals surface area (Å²) < 4.78 is 0. The van der Waals surface area contributed by atoms with Crippen molar-refractivity contribution in [1.29, 1.82) is 0 Å². The zero-order chi connectivity index (χ0) is 13.2. The summed E-state index contributed by atoms with van der Waals surface area (Å²) in [6, 6.07) is 0. The van der Waals surface area contributed by atoms with Crippen LogP contribution >= 0.6 is 0 Å². The molecule has 5 heteroatoms. The number of hydrogen-bond acceptors (Lipinski definition) is 3. The molecule has 5 nitrogen and oxygen atoms in total. The van der Waals surface area contributed by atoms with Gasteiger partial charge in [0, 0.05) is 25.9 Å². The van der Waals surface area contributed by atoms with Crippen molar-refractivity contribution in [2.45, 2.75) is 46.0 Å². The van der Waals surface area contributed by atoms with E-state index in [2.05, 4.69) is 24.4 Å². The number of carbonyl (C=O) groups excluding carboxylic acids is 2. The number of likely N-dealkylation sites (tertiary alicyclic amines) is 1. The molecule has 1 saturated heterocycles.